The van der Waals surface area contributed by atoms with Gasteiger partial charge in [-0.15, -0.1) is 10.2 Å². The number of aryl methyl sites for hydroxylation is 1. The van der Waals surface area contributed by atoms with Crippen LogP contribution in [0.2, 0.25) is 0 Å². The third-order valence-corrected chi connectivity index (χ3v) is 5.82. The molecule has 0 aliphatic carbocycles. The number of anilines is 1. The highest BCUT2D eigenvalue weighted by atomic mass is 32.2. The molecular formula is C20H17N5OS. The molecule has 3 heterocycles. The lowest BCUT2D eigenvalue weighted by atomic mass is 10.2. The van der Waals surface area contributed by atoms with Crippen molar-refractivity contribution in [3.63, 3.8) is 0 Å². The molecule has 27 heavy (non-hydrogen) atoms. The zero-order valence-electron chi connectivity index (χ0n) is 14.8. The SMILES string of the molecule is Cn1c2ccccc2c2nnc(SCC(=O)N3CCc4ccccc43)nc21. The first-order chi connectivity index (χ1) is 13.2. The lowest BCUT2D eigenvalue weighted by molar-refractivity contribution is -0.116. The number of nitrogens with zero attached hydrogens (tertiary/aromatic N) is 5. The first-order valence-electron chi connectivity index (χ1n) is 8.81. The maximum atomic E-state index is 12.7. The number of hydrogen-bond donors (Lipinski definition) is 0. The normalized spacial score (nSPS) is 13.4. The molecule has 0 bridgehead atoms. The van der Waals surface area contributed by atoms with Crippen LogP contribution in [-0.2, 0) is 18.3 Å². The summed E-state index contributed by atoms with van der Waals surface area (Å²) >= 11 is 1.33. The second-order valence-corrected chi connectivity index (χ2v) is 7.50. The Hall–Kier alpha value is -2.93. The van der Waals surface area contributed by atoms with Crippen LogP contribution in [0.1, 0.15) is 5.56 Å². The number of benzene rings is 2. The van der Waals surface area contributed by atoms with Crippen molar-refractivity contribution in [1.29, 1.82) is 0 Å². The Morgan fingerprint density at radius 3 is 2.85 bits per heavy atom. The lowest BCUT2D eigenvalue weighted by Crippen LogP contribution is -2.30. The van der Waals surface area contributed by atoms with E-state index >= 15 is 0 Å². The molecule has 1 aliphatic heterocycles. The topological polar surface area (TPSA) is 63.9 Å². The van der Waals surface area contributed by atoms with Crippen molar-refractivity contribution in [3.8, 4) is 0 Å². The Morgan fingerprint density at radius 2 is 1.93 bits per heavy atom. The summed E-state index contributed by atoms with van der Waals surface area (Å²) < 4.78 is 2.02. The minimum Gasteiger partial charge on any atom is -0.327 e. The molecule has 0 radical (unpaired) electrons. The summed E-state index contributed by atoms with van der Waals surface area (Å²) in [5.41, 5.74) is 4.89. The molecule has 5 rings (SSSR count). The summed E-state index contributed by atoms with van der Waals surface area (Å²) in [6.07, 6.45) is 0.909. The average Bonchev–Trinajstić information content (AvgIpc) is 3.26. The number of rotatable bonds is 3. The van der Waals surface area contributed by atoms with E-state index in [1.807, 2.05) is 59.0 Å². The monoisotopic (exact) mass is 375 g/mol. The van der Waals surface area contributed by atoms with Gasteiger partial charge in [0.25, 0.3) is 0 Å². The molecule has 7 heteroatoms. The van der Waals surface area contributed by atoms with Crippen LogP contribution >= 0.6 is 11.8 Å². The van der Waals surface area contributed by atoms with E-state index in [0.717, 1.165) is 40.7 Å². The summed E-state index contributed by atoms with van der Waals surface area (Å²) in [6, 6.07) is 16.1. The van der Waals surface area contributed by atoms with Crippen LogP contribution in [0.15, 0.2) is 53.7 Å². The largest absolute Gasteiger partial charge is 0.327 e. The average molecular weight is 375 g/mol. The van der Waals surface area contributed by atoms with Crippen LogP contribution in [-0.4, -0.2) is 38.0 Å². The van der Waals surface area contributed by atoms with Gasteiger partial charge in [0, 0.05) is 24.7 Å². The molecule has 0 saturated heterocycles. The number of fused-ring (bicyclic) bond motifs is 4. The third kappa shape index (κ3) is 2.66. The smallest absolute Gasteiger partial charge is 0.237 e. The molecule has 0 atom stereocenters. The second-order valence-electron chi connectivity index (χ2n) is 6.56. The highest BCUT2D eigenvalue weighted by molar-refractivity contribution is 7.99. The van der Waals surface area contributed by atoms with Gasteiger partial charge in [-0.2, -0.15) is 0 Å². The summed E-state index contributed by atoms with van der Waals surface area (Å²) in [6.45, 7) is 0.736. The van der Waals surface area contributed by atoms with Crippen LogP contribution in [0.25, 0.3) is 22.1 Å². The van der Waals surface area contributed by atoms with Crippen molar-refractivity contribution in [2.24, 2.45) is 7.05 Å². The molecule has 0 unspecified atom stereocenters. The summed E-state index contributed by atoms with van der Waals surface area (Å²) in [7, 11) is 1.97. The van der Waals surface area contributed by atoms with Gasteiger partial charge in [0.2, 0.25) is 11.1 Å². The molecule has 4 aromatic rings. The fraction of sp³-hybridized carbons (Fsp3) is 0.200. The fourth-order valence-electron chi connectivity index (χ4n) is 3.65. The van der Waals surface area contributed by atoms with Crippen LogP contribution in [0.4, 0.5) is 5.69 Å². The van der Waals surface area contributed by atoms with E-state index in [-0.39, 0.29) is 5.91 Å². The van der Waals surface area contributed by atoms with Gasteiger partial charge in [-0.3, -0.25) is 4.79 Å². The van der Waals surface area contributed by atoms with Crippen molar-refractivity contribution in [2.45, 2.75) is 11.6 Å². The molecule has 1 aliphatic rings. The summed E-state index contributed by atoms with van der Waals surface area (Å²) in [4.78, 5) is 19.2. The molecule has 1 amide bonds. The van der Waals surface area contributed by atoms with Gasteiger partial charge >= 0.3 is 0 Å². The van der Waals surface area contributed by atoms with Crippen LogP contribution in [0, 0.1) is 0 Å². The Labute approximate surface area is 160 Å². The minimum absolute atomic E-state index is 0.0747. The van der Waals surface area contributed by atoms with Crippen LogP contribution < -0.4 is 4.90 Å². The predicted octanol–water partition coefficient (Wildman–Crippen LogP) is 3.20. The fourth-order valence-corrected chi connectivity index (χ4v) is 4.31. The van der Waals surface area contributed by atoms with Crippen LogP contribution in [0.3, 0.4) is 0 Å². The first kappa shape index (κ1) is 16.3. The number of carbonyl (C=O) groups is 1. The standard InChI is InChI=1S/C20H17N5OS/c1-24-16-9-5-3-7-14(16)18-19(24)21-20(23-22-18)27-12-17(26)25-11-10-13-6-2-4-8-15(13)25/h2-9H,10-12H2,1H3. The molecule has 2 aromatic carbocycles. The Bertz CT molecular complexity index is 1190. The van der Waals surface area contributed by atoms with Gasteiger partial charge in [0.05, 0.1) is 11.3 Å². The molecule has 0 spiro atoms. The number of aromatic nitrogens is 4. The molecule has 2 aromatic heterocycles. The van der Waals surface area contributed by atoms with E-state index in [1.54, 1.807) is 0 Å². The first-order valence-corrected chi connectivity index (χ1v) is 9.80. The van der Waals surface area contributed by atoms with E-state index in [0.29, 0.717) is 10.9 Å². The Balaban J connectivity index is 1.38. The maximum Gasteiger partial charge on any atom is 0.237 e. The van der Waals surface area contributed by atoms with Crippen molar-refractivity contribution >= 4 is 45.4 Å². The number of amides is 1. The number of thioether (sulfide) groups is 1. The Morgan fingerprint density at radius 1 is 1.11 bits per heavy atom. The lowest BCUT2D eigenvalue weighted by Gasteiger charge is -2.16. The number of carbonyl (C=O) groups excluding carboxylic acids is 1. The van der Waals surface area contributed by atoms with Gasteiger partial charge in [0.15, 0.2) is 5.65 Å². The van der Waals surface area contributed by atoms with E-state index in [2.05, 4.69) is 21.2 Å². The van der Waals surface area contributed by atoms with Crippen molar-refractivity contribution in [1.82, 2.24) is 19.7 Å². The quantitative estimate of drug-likeness (QED) is 0.515. The predicted molar refractivity (Wildman–Crippen MR) is 107 cm³/mol. The van der Waals surface area contributed by atoms with Gasteiger partial charge in [-0.25, -0.2) is 4.98 Å². The highest BCUT2D eigenvalue weighted by Crippen LogP contribution is 2.29. The molecule has 0 N–H and O–H groups in total. The second kappa shape index (κ2) is 6.35. The molecule has 0 fully saturated rings. The minimum atomic E-state index is 0.0747. The van der Waals surface area contributed by atoms with Gasteiger partial charge in [0.1, 0.15) is 5.52 Å². The van der Waals surface area contributed by atoms with Crippen molar-refractivity contribution < 1.29 is 4.79 Å². The highest BCUT2D eigenvalue weighted by Gasteiger charge is 2.24. The summed E-state index contributed by atoms with van der Waals surface area (Å²) in [5, 5.41) is 10.2. The van der Waals surface area contributed by atoms with Crippen LogP contribution in [0.5, 0.6) is 0 Å². The Kier molecular flexibility index (Phi) is 3.82. The third-order valence-electron chi connectivity index (χ3n) is 5.00. The van der Waals surface area contributed by atoms with E-state index in [4.69, 9.17) is 0 Å². The number of para-hydroxylation sites is 2. The zero-order valence-corrected chi connectivity index (χ0v) is 15.6. The molecular weight excluding hydrogens is 358 g/mol. The van der Waals surface area contributed by atoms with Crippen molar-refractivity contribution in [2.75, 3.05) is 17.2 Å². The van der Waals surface area contributed by atoms with E-state index in [9.17, 15) is 4.79 Å². The zero-order chi connectivity index (χ0) is 18.4. The van der Waals surface area contributed by atoms with Gasteiger partial charge in [-0.05, 0) is 24.1 Å². The molecule has 134 valence electrons. The van der Waals surface area contributed by atoms with Crippen molar-refractivity contribution in [3.05, 3.63) is 54.1 Å². The van der Waals surface area contributed by atoms with E-state index < -0.39 is 0 Å². The van der Waals surface area contributed by atoms with E-state index in [1.165, 1.54) is 17.3 Å². The number of hydrogen-bond acceptors (Lipinski definition) is 5. The maximum absolute atomic E-state index is 12.7. The van der Waals surface area contributed by atoms with Gasteiger partial charge < -0.3 is 9.47 Å². The summed E-state index contributed by atoms with van der Waals surface area (Å²) in [5.74, 6) is 0.372. The molecule has 0 saturated carbocycles. The molecule has 6 nitrogen and oxygen atoms in total. The van der Waals surface area contributed by atoms with Gasteiger partial charge in [-0.1, -0.05) is 48.2 Å².